The smallest absolute Gasteiger partial charge is 0.142 e. The van der Waals surface area contributed by atoms with Gasteiger partial charge in [-0.15, -0.1) is 37.2 Å². The van der Waals surface area contributed by atoms with Crippen LogP contribution in [0.5, 0.6) is 5.75 Å². The summed E-state index contributed by atoms with van der Waals surface area (Å²) in [5, 5.41) is 19.8. The van der Waals surface area contributed by atoms with Gasteiger partial charge in [0.15, 0.2) is 0 Å². The zero-order valence-corrected chi connectivity index (χ0v) is 20.7. The molecule has 3 aromatic rings. The largest absolute Gasteiger partial charge is 0.506 e. The third kappa shape index (κ3) is 6.04. The fourth-order valence-electron chi connectivity index (χ4n) is 3.28. The lowest BCUT2D eigenvalue weighted by atomic mass is 10.1. The molecular weight excluding hydrogens is 482 g/mol. The molecular formula is C21H28Cl4N4O2. The van der Waals surface area contributed by atoms with Crippen LogP contribution in [0.1, 0.15) is 20.3 Å². The number of aromatic hydroxyl groups is 1. The molecule has 2 aromatic heterocycles. The lowest BCUT2D eigenvalue weighted by Gasteiger charge is -2.40. The molecule has 3 rings (SSSR count). The number of rotatable bonds is 7. The average molecular weight is 510 g/mol. The Morgan fingerprint density at radius 1 is 1.10 bits per heavy atom. The zero-order chi connectivity index (χ0) is 20.3. The molecule has 0 saturated carbocycles. The van der Waals surface area contributed by atoms with Crippen molar-refractivity contribution in [1.29, 1.82) is 0 Å². The van der Waals surface area contributed by atoms with Gasteiger partial charge in [0.25, 0.3) is 0 Å². The molecule has 0 bridgehead atoms. The molecule has 1 atom stereocenters. The van der Waals surface area contributed by atoms with E-state index in [1.807, 2.05) is 31.4 Å². The second kappa shape index (κ2) is 12.5. The van der Waals surface area contributed by atoms with Crippen molar-refractivity contribution >= 4 is 48.8 Å². The van der Waals surface area contributed by atoms with Crippen molar-refractivity contribution in [3.63, 3.8) is 0 Å². The summed E-state index contributed by atoms with van der Waals surface area (Å²) in [7, 11) is 1.99. The molecule has 10 heteroatoms. The second-order valence-corrected chi connectivity index (χ2v) is 7.34. The van der Waals surface area contributed by atoms with Gasteiger partial charge in [-0.3, -0.25) is 9.88 Å². The fourth-order valence-corrected chi connectivity index (χ4v) is 3.40. The second-order valence-electron chi connectivity index (χ2n) is 6.94. The van der Waals surface area contributed by atoms with E-state index in [2.05, 4.69) is 28.3 Å². The Labute approximate surface area is 206 Å². The number of aliphatic hydroxyl groups excluding tert-OH is 1. The molecule has 0 fully saturated rings. The van der Waals surface area contributed by atoms with Crippen molar-refractivity contribution in [2.45, 2.75) is 25.9 Å². The van der Waals surface area contributed by atoms with E-state index in [4.69, 9.17) is 16.6 Å². The minimum Gasteiger partial charge on any atom is -0.506 e. The van der Waals surface area contributed by atoms with E-state index in [0.717, 1.165) is 29.1 Å². The Morgan fingerprint density at radius 3 is 2.29 bits per heavy atom. The van der Waals surface area contributed by atoms with Gasteiger partial charge in [-0.1, -0.05) is 24.6 Å². The van der Waals surface area contributed by atoms with E-state index in [1.165, 1.54) is 0 Å². The minimum absolute atomic E-state index is 0. The highest BCUT2D eigenvalue weighted by molar-refractivity contribution is 6.32. The number of pyridine rings is 1. The van der Waals surface area contributed by atoms with Gasteiger partial charge in [0, 0.05) is 36.3 Å². The van der Waals surface area contributed by atoms with Gasteiger partial charge < -0.3 is 14.8 Å². The molecule has 6 nitrogen and oxygen atoms in total. The molecule has 0 spiro atoms. The maximum absolute atomic E-state index is 10.0. The number of aromatic nitrogens is 3. The van der Waals surface area contributed by atoms with E-state index in [-0.39, 0.29) is 49.6 Å². The highest BCUT2D eigenvalue weighted by Gasteiger charge is 2.32. The normalized spacial score (nSPS) is 12.3. The van der Waals surface area contributed by atoms with Gasteiger partial charge in [-0.25, -0.2) is 4.98 Å². The van der Waals surface area contributed by atoms with Gasteiger partial charge in [-0.2, -0.15) is 0 Å². The van der Waals surface area contributed by atoms with Gasteiger partial charge in [0.05, 0.1) is 23.0 Å². The number of imidazole rings is 1. The van der Waals surface area contributed by atoms with Crippen molar-refractivity contribution in [1.82, 2.24) is 19.4 Å². The van der Waals surface area contributed by atoms with Crippen molar-refractivity contribution in [2.75, 3.05) is 20.2 Å². The van der Waals surface area contributed by atoms with E-state index in [9.17, 15) is 10.2 Å². The van der Waals surface area contributed by atoms with Crippen LogP contribution in [0.4, 0.5) is 0 Å². The summed E-state index contributed by atoms with van der Waals surface area (Å²) in [5.74, 6) is 0.816. The minimum atomic E-state index is -0.402. The molecule has 172 valence electrons. The van der Waals surface area contributed by atoms with Crippen molar-refractivity contribution in [3.8, 4) is 28.4 Å². The van der Waals surface area contributed by atoms with E-state index >= 15 is 0 Å². The monoisotopic (exact) mass is 508 g/mol. The first kappa shape index (κ1) is 29.5. The molecule has 0 aliphatic carbocycles. The first-order valence-electron chi connectivity index (χ1n) is 9.22. The quantitative estimate of drug-likeness (QED) is 0.455. The summed E-state index contributed by atoms with van der Waals surface area (Å²) < 4.78 is 2.12. The number of phenolic OH excluding ortho intramolecular Hbond substituents is 1. The third-order valence-corrected chi connectivity index (χ3v) is 5.65. The lowest BCUT2D eigenvalue weighted by Crippen LogP contribution is -2.47. The maximum Gasteiger partial charge on any atom is 0.142 e. The molecule has 1 unspecified atom stereocenters. The number of hydrogen-bond acceptors (Lipinski definition) is 5. The number of nitrogens with zero attached hydrogens (tertiary/aromatic N) is 4. The van der Waals surface area contributed by atoms with Crippen LogP contribution in [0.3, 0.4) is 0 Å². The number of hydrogen-bond donors (Lipinski definition) is 2. The van der Waals surface area contributed by atoms with E-state index in [0.29, 0.717) is 11.6 Å². The Kier molecular flexibility index (Phi) is 11.9. The first-order valence-corrected chi connectivity index (χ1v) is 9.59. The van der Waals surface area contributed by atoms with Gasteiger partial charge in [0.1, 0.15) is 11.6 Å². The molecule has 2 N–H and O–H groups in total. The molecule has 0 amide bonds. The molecule has 0 radical (unpaired) electrons. The van der Waals surface area contributed by atoms with E-state index < -0.39 is 5.66 Å². The van der Waals surface area contributed by atoms with Crippen molar-refractivity contribution < 1.29 is 10.2 Å². The van der Waals surface area contributed by atoms with Crippen molar-refractivity contribution in [2.24, 2.45) is 0 Å². The van der Waals surface area contributed by atoms with Crippen LogP contribution >= 0.6 is 48.8 Å². The maximum atomic E-state index is 10.0. The summed E-state index contributed by atoms with van der Waals surface area (Å²) in [4.78, 5) is 11.1. The number of phenols is 1. The van der Waals surface area contributed by atoms with Crippen LogP contribution in [0, 0.1) is 0 Å². The fraction of sp³-hybridized carbons (Fsp3) is 0.333. The van der Waals surface area contributed by atoms with Crippen LogP contribution in [-0.2, 0) is 5.66 Å². The highest BCUT2D eigenvalue weighted by Crippen LogP contribution is 2.35. The zero-order valence-electron chi connectivity index (χ0n) is 17.5. The Morgan fingerprint density at radius 2 is 1.74 bits per heavy atom. The third-order valence-electron chi connectivity index (χ3n) is 5.33. The summed E-state index contributed by atoms with van der Waals surface area (Å²) in [6, 6.07) is 8.96. The molecule has 31 heavy (non-hydrogen) atoms. The van der Waals surface area contributed by atoms with Gasteiger partial charge in [-0.05, 0) is 44.7 Å². The summed E-state index contributed by atoms with van der Waals surface area (Å²) in [5.41, 5.74) is 2.05. The SMILES string of the molecule is CCC(C)(N(C)CCO)n1cc(-c2ccc(Cl)c(O)c2)nc1-c1ccncc1.Cl.Cl.Cl. The Hall–Kier alpha value is -1.54. The number of likely N-dealkylation sites (N-methyl/N-ethyl adjacent to an activating group) is 1. The van der Waals surface area contributed by atoms with Gasteiger partial charge >= 0.3 is 0 Å². The predicted molar refractivity (Wildman–Crippen MR) is 133 cm³/mol. The Bertz CT molecular complexity index is 956. The van der Waals surface area contributed by atoms with Crippen LogP contribution in [0.2, 0.25) is 5.02 Å². The summed E-state index contributed by atoms with van der Waals surface area (Å²) in [6.07, 6.45) is 6.27. The first-order chi connectivity index (χ1) is 13.4. The Balaban J connectivity index is 0.00000300. The molecule has 0 aliphatic heterocycles. The highest BCUT2D eigenvalue weighted by atomic mass is 35.5. The summed E-state index contributed by atoms with van der Waals surface area (Å²) in [6.45, 7) is 4.84. The standard InChI is InChI=1S/C21H25ClN4O2.3ClH/c1-4-21(2,25(3)11-12-27)26-14-18(16-5-6-17(22)19(28)13-16)24-20(26)15-7-9-23-10-8-15;;;/h5-10,13-14,27-28H,4,11-12H2,1-3H3;3*1H. The van der Waals surface area contributed by atoms with Crippen LogP contribution < -0.4 is 0 Å². The molecule has 0 aliphatic rings. The topological polar surface area (TPSA) is 74.4 Å². The lowest BCUT2D eigenvalue weighted by molar-refractivity contribution is 0.0420. The van der Waals surface area contributed by atoms with Crippen LogP contribution in [-0.4, -0.2) is 49.8 Å². The predicted octanol–water partition coefficient (Wildman–Crippen LogP) is 5.24. The number of benzene rings is 1. The summed E-state index contributed by atoms with van der Waals surface area (Å²) >= 11 is 5.96. The molecule has 0 saturated heterocycles. The van der Waals surface area contributed by atoms with Crippen LogP contribution in [0.15, 0.2) is 48.9 Å². The average Bonchev–Trinajstić information content (AvgIpc) is 3.16. The number of halogens is 4. The number of aliphatic hydroxyl groups is 1. The molecule has 1 aromatic carbocycles. The molecule has 2 heterocycles. The van der Waals surface area contributed by atoms with Crippen molar-refractivity contribution in [3.05, 3.63) is 53.9 Å². The van der Waals surface area contributed by atoms with Crippen LogP contribution in [0.25, 0.3) is 22.6 Å². The van der Waals surface area contributed by atoms with Gasteiger partial charge in [0.2, 0.25) is 0 Å². The van der Waals surface area contributed by atoms with E-state index in [1.54, 1.807) is 24.5 Å².